The Kier molecular flexibility index (Phi) is 8.30. The summed E-state index contributed by atoms with van der Waals surface area (Å²) in [4.78, 5) is 0. The molecule has 0 heterocycles. The third kappa shape index (κ3) is 5.68. The van der Waals surface area contributed by atoms with Crippen LogP contribution < -0.4 is 0 Å². The van der Waals surface area contributed by atoms with E-state index < -0.39 is 0 Å². The summed E-state index contributed by atoms with van der Waals surface area (Å²) in [5.74, 6) is 5.68. The SMILES string of the molecule is CCc1ccc(C2CCC([C@H]3CC[C@H]([C@H]4CC[C@H](CCCF)CC4)CC3)CC2)cc1. The van der Waals surface area contributed by atoms with Gasteiger partial charge in [-0.3, -0.25) is 4.39 Å². The van der Waals surface area contributed by atoms with E-state index in [0.29, 0.717) is 0 Å². The summed E-state index contributed by atoms with van der Waals surface area (Å²) < 4.78 is 12.4. The van der Waals surface area contributed by atoms with Crippen LogP contribution >= 0.6 is 0 Å². The number of hydrogen-bond donors (Lipinski definition) is 0. The molecule has 0 spiro atoms. The molecule has 30 heavy (non-hydrogen) atoms. The lowest BCUT2D eigenvalue weighted by atomic mass is 9.64. The van der Waals surface area contributed by atoms with Crippen molar-refractivity contribution in [1.82, 2.24) is 0 Å². The van der Waals surface area contributed by atoms with E-state index in [4.69, 9.17) is 0 Å². The van der Waals surface area contributed by atoms with Gasteiger partial charge in [0.2, 0.25) is 0 Å². The average molecular weight is 413 g/mol. The fourth-order valence-corrected chi connectivity index (χ4v) is 7.35. The quantitative estimate of drug-likeness (QED) is 0.419. The molecule has 3 fully saturated rings. The summed E-state index contributed by atoms with van der Waals surface area (Å²) >= 11 is 0. The van der Waals surface area contributed by atoms with E-state index in [9.17, 15) is 4.39 Å². The molecule has 0 atom stereocenters. The van der Waals surface area contributed by atoms with Crippen molar-refractivity contribution in [2.45, 2.75) is 109 Å². The van der Waals surface area contributed by atoms with Crippen LogP contribution in [-0.4, -0.2) is 6.67 Å². The zero-order valence-corrected chi connectivity index (χ0v) is 19.5. The van der Waals surface area contributed by atoms with E-state index in [-0.39, 0.29) is 6.67 Å². The fraction of sp³-hybridized carbons (Fsp3) is 0.793. The van der Waals surface area contributed by atoms with Crippen LogP contribution in [0.4, 0.5) is 4.39 Å². The lowest BCUT2D eigenvalue weighted by Crippen LogP contribution is -2.29. The van der Waals surface area contributed by atoms with Crippen LogP contribution in [0.2, 0.25) is 0 Å². The number of rotatable bonds is 7. The van der Waals surface area contributed by atoms with Crippen LogP contribution in [-0.2, 0) is 6.42 Å². The third-order valence-corrected chi connectivity index (χ3v) is 9.42. The highest BCUT2D eigenvalue weighted by atomic mass is 19.1. The smallest absolute Gasteiger partial charge is 0.0894 e. The minimum atomic E-state index is -0.114. The highest BCUT2D eigenvalue weighted by Gasteiger charge is 2.34. The Morgan fingerprint density at radius 1 is 0.667 bits per heavy atom. The lowest BCUT2D eigenvalue weighted by Gasteiger charge is -2.41. The van der Waals surface area contributed by atoms with Crippen LogP contribution in [0.15, 0.2) is 24.3 Å². The summed E-state index contributed by atoms with van der Waals surface area (Å²) in [6.45, 7) is 2.13. The molecule has 1 aromatic carbocycles. The van der Waals surface area contributed by atoms with Gasteiger partial charge in [0, 0.05) is 0 Å². The van der Waals surface area contributed by atoms with Gasteiger partial charge in [0.1, 0.15) is 0 Å². The first kappa shape index (κ1) is 22.3. The van der Waals surface area contributed by atoms with Gasteiger partial charge in [0.05, 0.1) is 6.67 Å². The van der Waals surface area contributed by atoms with E-state index in [1.807, 2.05) is 0 Å². The number of alkyl halides is 1. The van der Waals surface area contributed by atoms with Crippen LogP contribution in [0.5, 0.6) is 0 Å². The van der Waals surface area contributed by atoms with Crippen LogP contribution in [0.3, 0.4) is 0 Å². The molecule has 0 aliphatic heterocycles. The largest absolute Gasteiger partial charge is 0.251 e. The topological polar surface area (TPSA) is 0 Å². The second-order valence-corrected chi connectivity index (χ2v) is 11.0. The summed E-state index contributed by atoms with van der Waals surface area (Å²) in [6.07, 6.45) is 20.5. The van der Waals surface area contributed by atoms with E-state index >= 15 is 0 Å². The van der Waals surface area contributed by atoms with E-state index in [1.54, 1.807) is 5.56 Å². The van der Waals surface area contributed by atoms with Crippen LogP contribution in [0.25, 0.3) is 0 Å². The van der Waals surface area contributed by atoms with Crippen LogP contribution in [0, 0.1) is 29.6 Å². The van der Waals surface area contributed by atoms with Gasteiger partial charge in [0.25, 0.3) is 0 Å². The maximum Gasteiger partial charge on any atom is 0.0894 e. The molecule has 1 aromatic rings. The molecule has 0 amide bonds. The molecule has 0 unspecified atom stereocenters. The second kappa shape index (κ2) is 11.1. The van der Waals surface area contributed by atoms with Gasteiger partial charge in [-0.05, 0) is 130 Å². The van der Waals surface area contributed by atoms with Gasteiger partial charge >= 0.3 is 0 Å². The molecule has 0 radical (unpaired) electrons. The maximum absolute atomic E-state index is 12.4. The number of benzene rings is 1. The Morgan fingerprint density at radius 2 is 1.13 bits per heavy atom. The van der Waals surface area contributed by atoms with Gasteiger partial charge < -0.3 is 0 Å². The zero-order chi connectivity index (χ0) is 20.8. The zero-order valence-electron chi connectivity index (χ0n) is 19.5. The first-order valence-corrected chi connectivity index (χ1v) is 13.4. The van der Waals surface area contributed by atoms with Crippen molar-refractivity contribution in [3.05, 3.63) is 35.4 Å². The number of halogens is 1. The van der Waals surface area contributed by atoms with Gasteiger partial charge in [-0.1, -0.05) is 44.0 Å². The highest BCUT2D eigenvalue weighted by Crippen LogP contribution is 2.47. The molecule has 0 aromatic heterocycles. The first-order valence-electron chi connectivity index (χ1n) is 13.4. The summed E-state index contributed by atoms with van der Waals surface area (Å²) in [6, 6.07) is 9.50. The van der Waals surface area contributed by atoms with E-state index in [2.05, 4.69) is 31.2 Å². The minimum Gasteiger partial charge on any atom is -0.251 e. The Balaban J connectivity index is 1.17. The van der Waals surface area contributed by atoms with Gasteiger partial charge in [-0.15, -0.1) is 0 Å². The number of hydrogen-bond acceptors (Lipinski definition) is 0. The monoisotopic (exact) mass is 412 g/mol. The predicted octanol–water partition coefficient (Wildman–Crippen LogP) is 8.89. The van der Waals surface area contributed by atoms with Crippen molar-refractivity contribution in [1.29, 1.82) is 0 Å². The predicted molar refractivity (Wildman–Crippen MR) is 127 cm³/mol. The van der Waals surface area contributed by atoms with Crippen molar-refractivity contribution in [3.8, 4) is 0 Å². The van der Waals surface area contributed by atoms with E-state index in [0.717, 1.165) is 54.8 Å². The highest BCUT2D eigenvalue weighted by molar-refractivity contribution is 5.25. The van der Waals surface area contributed by atoms with Crippen molar-refractivity contribution < 1.29 is 4.39 Å². The maximum atomic E-state index is 12.4. The second-order valence-electron chi connectivity index (χ2n) is 11.0. The fourth-order valence-electron chi connectivity index (χ4n) is 7.35. The molecule has 168 valence electrons. The Bertz CT molecular complexity index is 596. The van der Waals surface area contributed by atoms with Crippen molar-refractivity contribution >= 4 is 0 Å². The van der Waals surface area contributed by atoms with Crippen molar-refractivity contribution in [2.75, 3.05) is 6.67 Å². The molecule has 3 aliphatic carbocycles. The molecule has 3 saturated carbocycles. The minimum absolute atomic E-state index is 0.114. The van der Waals surface area contributed by atoms with Gasteiger partial charge in [0.15, 0.2) is 0 Å². The van der Waals surface area contributed by atoms with Crippen molar-refractivity contribution in [3.63, 3.8) is 0 Å². The molecule has 0 nitrogen and oxygen atoms in total. The normalized spacial score (nSPS) is 35.3. The standard InChI is InChI=1S/C29H45F/c1-2-22-5-9-24(10-6-22)26-13-17-28(18-14-26)29-19-15-27(16-20-29)25-11-7-23(8-12-25)4-3-21-30/h5-6,9-10,23,25-29H,2-4,7-8,11-21H2,1H3/t23-,25-,26?,27-,28?,29-. The number of aryl methyl sites for hydroxylation is 1. The molecule has 3 aliphatic rings. The van der Waals surface area contributed by atoms with Crippen molar-refractivity contribution in [2.24, 2.45) is 29.6 Å². The summed E-state index contributed by atoms with van der Waals surface area (Å²) in [7, 11) is 0. The molecule has 0 bridgehead atoms. The Morgan fingerprint density at radius 3 is 1.60 bits per heavy atom. The average Bonchev–Trinajstić information content (AvgIpc) is 2.83. The summed E-state index contributed by atoms with van der Waals surface area (Å²) in [5, 5.41) is 0. The van der Waals surface area contributed by atoms with Gasteiger partial charge in [-0.25, -0.2) is 0 Å². The third-order valence-electron chi connectivity index (χ3n) is 9.42. The van der Waals surface area contributed by atoms with E-state index in [1.165, 1.54) is 82.6 Å². The molecule has 0 N–H and O–H groups in total. The Hall–Kier alpha value is -0.850. The van der Waals surface area contributed by atoms with Gasteiger partial charge in [-0.2, -0.15) is 0 Å². The van der Waals surface area contributed by atoms with Crippen LogP contribution in [0.1, 0.15) is 114 Å². The molecule has 4 rings (SSSR count). The molecule has 0 saturated heterocycles. The molecular weight excluding hydrogens is 367 g/mol. The molecular formula is C29H45F. The first-order chi connectivity index (χ1) is 14.8. The lowest BCUT2D eigenvalue weighted by molar-refractivity contribution is 0.108. The summed E-state index contributed by atoms with van der Waals surface area (Å²) in [5.41, 5.74) is 3.06. The molecule has 1 heteroatoms. The Labute approximate surface area is 185 Å².